The van der Waals surface area contributed by atoms with E-state index in [1.807, 2.05) is 18.2 Å². The number of hydrogen-bond donors (Lipinski definition) is 1. The molecule has 0 spiro atoms. The lowest BCUT2D eigenvalue weighted by Crippen LogP contribution is -2.14. The predicted octanol–water partition coefficient (Wildman–Crippen LogP) is 3.04. The van der Waals surface area contributed by atoms with Crippen LogP contribution >= 0.6 is 10.5 Å². The number of primary amides is 1. The molecule has 1 atom stereocenters. The molecule has 0 saturated heterocycles. The quantitative estimate of drug-likeness (QED) is 0.835. The highest BCUT2D eigenvalue weighted by Gasteiger charge is 2.01. The fourth-order valence-electron chi connectivity index (χ4n) is 1.91. The second-order valence-electron chi connectivity index (χ2n) is 4.43. The molecule has 2 nitrogen and oxygen atoms in total. The molecule has 0 aliphatic heterocycles. The van der Waals surface area contributed by atoms with Crippen LogP contribution in [0.25, 0.3) is 11.1 Å². The molecule has 0 saturated carbocycles. The Bertz CT molecular complexity index is 575. The number of amides is 1. The van der Waals surface area contributed by atoms with Crippen molar-refractivity contribution >= 4 is 22.3 Å². The van der Waals surface area contributed by atoms with Crippen molar-refractivity contribution in [3.8, 4) is 11.1 Å². The average molecular weight is 271 g/mol. The number of rotatable bonds is 5. The van der Waals surface area contributed by atoms with Gasteiger partial charge in [0.15, 0.2) is 0 Å². The van der Waals surface area contributed by atoms with Crippen molar-refractivity contribution < 1.29 is 4.79 Å². The Morgan fingerprint density at radius 1 is 1.00 bits per heavy atom. The highest BCUT2D eigenvalue weighted by molar-refractivity contribution is 8.13. The standard InChI is InChI=1S/C16H17NOS/c1-19(12-16(17)18)11-13-7-9-15(10-8-13)14-5-3-2-4-6-14/h2-10H,1,11-12H2,(H2,17,18). The molecule has 0 aromatic heterocycles. The molecule has 19 heavy (non-hydrogen) atoms. The first-order valence-electron chi connectivity index (χ1n) is 6.05. The van der Waals surface area contributed by atoms with Gasteiger partial charge in [-0.05, 0) is 16.7 Å². The topological polar surface area (TPSA) is 43.1 Å². The summed E-state index contributed by atoms with van der Waals surface area (Å²) < 4.78 is 0. The summed E-state index contributed by atoms with van der Waals surface area (Å²) in [6.45, 7) is 0. The maximum absolute atomic E-state index is 10.8. The summed E-state index contributed by atoms with van der Waals surface area (Å²) in [5, 5.41) is 0. The fourth-order valence-corrected chi connectivity index (χ4v) is 3.08. The van der Waals surface area contributed by atoms with E-state index in [-0.39, 0.29) is 16.4 Å². The summed E-state index contributed by atoms with van der Waals surface area (Å²) in [4.78, 5) is 10.8. The van der Waals surface area contributed by atoms with Crippen LogP contribution in [-0.2, 0) is 10.5 Å². The van der Waals surface area contributed by atoms with E-state index >= 15 is 0 Å². The van der Waals surface area contributed by atoms with Crippen molar-refractivity contribution in [2.24, 2.45) is 5.73 Å². The van der Waals surface area contributed by atoms with Gasteiger partial charge in [0.25, 0.3) is 0 Å². The van der Waals surface area contributed by atoms with E-state index in [1.165, 1.54) is 16.7 Å². The van der Waals surface area contributed by atoms with Crippen LogP contribution in [0.15, 0.2) is 54.6 Å². The molecule has 2 N–H and O–H groups in total. The van der Waals surface area contributed by atoms with Crippen LogP contribution in [-0.4, -0.2) is 17.5 Å². The molecule has 0 heterocycles. The minimum Gasteiger partial charge on any atom is -0.369 e. The lowest BCUT2D eigenvalue weighted by molar-refractivity contribution is -0.115. The smallest absolute Gasteiger partial charge is 0.226 e. The van der Waals surface area contributed by atoms with Crippen LogP contribution in [0.4, 0.5) is 0 Å². The molecule has 1 unspecified atom stereocenters. The largest absolute Gasteiger partial charge is 0.369 e. The second-order valence-corrected chi connectivity index (χ2v) is 6.23. The van der Waals surface area contributed by atoms with E-state index in [1.54, 1.807) is 0 Å². The molecule has 98 valence electrons. The number of benzene rings is 2. The summed E-state index contributed by atoms with van der Waals surface area (Å²) in [5.74, 6) is 4.87. The SMILES string of the molecule is C=S(CC(N)=O)Cc1ccc(-c2ccccc2)cc1. The van der Waals surface area contributed by atoms with E-state index in [0.717, 1.165) is 5.75 Å². The normalized spacial score (nSPS) is 12.0. The van der Waals surface area contributed by atoms with Crippen LogP contribution < -0.4 is 5.73 Å². The molecule has 2 aromatic carbocycles. The monoisotopic (exact) mass is 271 g/mol. The number of nitrogens with two attached hydrogens (primary N) is 1. The first-order valence-corrected chi connectivity index (χ1v) is 7.78. The van der Waals surface area contributed by atoms with Gasteiger partial charge in [0.05, 0.1) is 5.75 Å². The predicted molar refractivity (Wildman–Crippen MR) is 84.4 cm³/mol. The Morgan fingerprint density at radius 2 is 1.58 bits per heavy atom. The van der Waals surface area contributed by atoms with Gasteiger partial charge in [0.1, 0.15) is 0 Å². The number of carbonyl (C=O) groups excluding carboxylic acids is 1. The third-order valence-electron chi connectivity index (χ3n) is 2.78. The summed E-state index contributed by atoms with van der Waals surface area (Å²) in [7, 11) is -0.227. The van der Waals surface area contributed by atoms with Gasteiger partial charge in [-0.15, -0.1) is 0 Å². The molecule has 2 rings (SSSR count). The van der Waals surface area contributed by atoms with Gasteiger partial charge in [0, 0.05) is 5.75 Å². The van der Waals surface area contributed by atoms with E-state index in [2.05, 4.69) is 42.3 Å². The number of carbonyl (C=O) groups is 1. The van der Waals surface area contributed by atoms with Crippen molar-refractivity contribution in [1.82, 2.24) is 0 Å². The zero-order valence-electron chi connectivity index (χ0n) is 10.7. The highest BCUT2D eigenvalue weighted by atomic mass is 32.2. The summed E-state index contributed by atoms with van der Waals surface area (Å²) in [5.41, 5.74) is 8.77. The molecule has 0 aliphatic carbocycles. The zero-order chi connectivity index (χ0) is 13.7. The maximum Gasteiger partial charge on any atom is 0.226 e. The van der Waals surface area contributed by atoms with Gasteiger partial charge >= 0.3 is 0 Å². The van der Waals surface area contributed by atoms with E-state index in [0.29, 0.717) is 5.75 Å². The van der Waals surface area contributed by atoms with E-state index in [9.17, 15) is 4.79 Å². The van der Waals surface area contributed by atoms with Crippen molar-refractivity contribution in [3.63, 3.8) is 0 Å². The molecular weight excluding hydrogens is 254 g/mol. The number of hydrogen-bond acceptors (Lipinski definition) is 1. The molecule has 0 bridgehead atoms. The Kier molecular flexibility index (Phi) is 4.53. The van der Waals surface area contributed by atoms with E-state index < -0.39 is 0 Å². The first-order chi connectivity index (χ1) is 9.15. The van der Waals surface area contributed by atoms with Crippen LogP contribution in [0.2, 0.25) is 0 Å². The van der Waals surface area contributed by atoms with Crippen molar-refractivity contribution in [2.45, 2.75) is 5.75 Å². The summed E-state index contributed by atoms with van der Waals surface area (Å²) >= 11 is 0. The molecule has 0 radical (unpaired) electrons. The maximum atomic E-state index is 10.8. The van der Waals surface area contributed by atoms with Crippen molar-refractivity contribution in [2.75, 3.05) is 5.75 Å². The second kappa shape index (κ2) is 6.34. The highest BCUT2D eigenvalue weighted by Crippen LogP contribution is 2.22. The third-order valence-corrected chi connectivity index (χ3v) is 4.21. The Hall–Kier alpha value is -1.87. The third kappa shape index (κ3) is 4.07. The molecular formula is C16H17NOS. The van der Waals surface area contributed by atoms with Gasteiger partial charge in [0.2, 0.25) is 5.91 Å². The summed E-state index contributed by atoms with van der Waals surface area (Å²) in [6, 6.07) is 18.6. The van der Waals surface area contributed by atoms with Crippen LogP contribution in [0.1, 0.15) is 5.56 Å². The minimum absolute atomic E-state index is 0.227. The van der Waals surface area contributed by atoms with Crippen molar-refractivity contribution in [1.29, 1.82) is 0 Å². The molecule has 2 aromatic rings. The van der Waals surface area contributed by atoms with Gasteiger partial charge in [-0.1, -0.05) is 60.5 Å². The molecule has 3 heteroatoms. The zero-order valence-corrected chi connectivity index (χ0v) is 11.5. The molecule has 1 amide bonds. The fraction of sp³-hybridized carbons (Fsp3) is 0.125. The van der Waals surface area contributed by atoms with Gasteiger partial charge in [-0.2, -0.15) is 10.5 Å². The van der Waals surface area contributed by atoms with Crippen LogP contribution in [0.5, 0.6) is 0 Å². The Balaban J connectivity index is 2.07. The summed E-state index contributed by atoms with van der Waals surface area (Å²) in [6.07, 6.45) is 0. The van der Waals surface area contributed by atoms with Gasteiger partial charge < -0.3 is 5.73 Å². The van der Waals surface area contributed by atoms with Crippen molar-refractivity contribution in [3.05, 3.63) is 60.2 Å². The van der Waals surface area contributed by atoms with Gasteiger partial charge in [-0.3, -0.25) is 4.79 Å². The first kappa shape index (κ1) is 13.6. The van der Waals surface area contributed by atoms with E-state index in [4.69, 9.17) is 5.73 Å². The average Bonchev–Trinajstić information content (AvgIpc) is 2.39. The Morgan fingerprint density at radius 3 is 2.16 bits per heavy atom. The lowest BCUT2D eigenvalue weighted by Gasteiger charge is -2.07. The molecule has 0 fully saturated rings. The van der Waals surface area contributed by atoms with Crippen LogP contribution in [0, 0.1) is 0 Å². The minimum atomic E-state index is -0.278. The lowest BCUT2D eigenvalue weighted by atomic mass is 10.0. The molecule has 0 aliphatic rings. The Labute approximate surface area is 116 Å². The van der Waals surface area contributed by atoms with Gasteiger partial charge in [-0.25, -0.2) is 0 Å². The van der Waals surface area contributed by atoms with Crippen LogP contribution in [0.3, 0.4) is 0 Å².